The maximum absolute atomic E-state index is 12.6. The first kappa shape index (κ1) is 14.2. The van der Waals surface area contributed by atoms with Gasteiger partial charge in [0.15, 0.2) is 0 Å². The Labute approximate surface area is 110 Å². The van der Waals surface area contributed by atoms with Gasteiger partial charge in [-0.1, -0.05) is 6.42 Å². The Kier molecular flexibility index (Phi) is 4.31. The largest absolute Gasteiger partial charge is 0.395 e. The molecule has 0 bridgehead atoms. The van der Waals surface area contributed by atoms with E-state index in [1.165, 1.54) is 8.61 Å². The van der Waals surface area contributed by atoms with E-state index in [0.29, 0.717) is 12.5 Å². The average Bonchev–Trinajstić information content (AvgIpc) is 3.21. The van der Waals surface area contributed by atoms with E-state index in [9.17, 15) is 13.5 Å². The molecule has 1 aliphatic heterocycles. The molecule has 6 heteroatoms. The Balaban J connectivity index is 2.12. The second kappa shape index (κ2) is 5.45. The first-order valence-corrected chi connectivity index (χ1v) is 8.24. The van der Waals surface area contributed by atoms with Crippen LogP contribution in [0, 0.1) is 5.92 Å². The summed E-state index contributed by atoms with van der Waals surface area (Å²) in [6.45, 7) is 2.44. The fourth-order valence-corrected chi connectivity index (χ4v) is 4.54. The van der Waals surface area contributed by atoms with Gasteiger partial charge < -0.3 is 5.11 Å². The molecule has 0 spiro atoms. The number of hydrogen-bond acceptors (Lipinski definition) is 3. The van der Waals surface area contributed by atoms with Crippen molar-refractivity contribution in [2.24, 2.45) is 5.92 Å². The molecule has 5 nitrogen and oxygen atoms in total. The predicted molar refractivity (Wildman–Crippen MR) is 70.3 cm³/mol. The van der Waals surface area contributed by atoms with E-state index in [1.807, 2.05) is 6.92 Å². The third-order valence-corrected chi connectivity index (χ3v) is 6.46. The molecular formula is C12H24N2O3S. The maximum Gasteiger partial charge on any atom is 0.282 e. The molecule has 18 heavy (non-hydrogen) atoms. The van der Waals surface area contributed by atoms with Crippen molar-refractivity contribution < 1.29 is 13.5 Å². The van der Waals surface area contributed by atoms with Gasteiger partial charge in [-0.25, -0.2) is 0 Å². The minimum absolute atomic E-state index is 0.0660. The molecule has 2 rings (SSSR count). The van der Waals surface area contributed by atoms with Gasteiger partial charge in [0, 0.05) is 25.7 Å². The van der Waals surface area contributed by atoms with Crippen LogP contribution in [-0.2, 0) is 10.2 Å². The SMILES string of the molecule is CC(C1CC1)N(C)S(=O)(=O)N1CCCCC1CO. The standard InChI is InChI=1S/C12H24N2O3S/c1-10(11-6-7-11)13(2)18(16,17)14-8-4-3-5-12(14)9-15/h10-12,15H,3-9H2,1-2H3. The molecular weight excluding hydrogens is 252 g/mol. The number of aliphatic hydroxyl groups excluding tert-OH is 1. The number of piperidine rings is 1. The highest BCUT2D eigenvalue weighted by Crippen LogP contribution is 2.36. The van der Waals surface area contributed by atoms with Crippen molar-refractivity contribution in [3.8, 4) is 0 Å². The third kappa shape index (κ3) is 2.71. The molecule has 0 aromatic heterocycles. The zero-order chi connectivity index (χ0) is 13.3. The van der Waals surface area contributed by atoms with Crippen LogP contribution in [0.4, 0.5) is 0 Å². The maximum atomic E-state index is 12.6. The van der Waals surface area contributed by atoms with Gasteiger partial charge in [0.25, 0.3) is 10.2 Å². The highest BCUT2D eigenvalue weighted by atomic mass is 32.2. The van der Waals surface area contributed by atoms with Crippen molar-refractivity contribution in [3.05, 3.63) is 0 Å². The van der Waals surface area contributed by atoms with Crippen LogP contribution in [0.3, 0.4) is 0 Å². The smallest absolute Gasteiger partial charge is 0.282 e. The third-order valence-electron chi connectivity index (χ3n) is 4.32. The van der Waals surface area contributed by atoms with E-state index in [1.54, 1.807) is 7.05 Å². The van der Waals surface area contributed by atoms with Crippen LogP contribution >= 0.6 is 0 Å². The van der Waals surface area contributed by atoms with Crippen molar-refractivity contribution in [1.82, 2.24) is 8.61 Å². The monoisotopic (exact) mass is 276 g/mol. The molecule has 2 unspecified atom stereocenters. The number of aliphatic hydroxyl groups is 1. The van der Waals surface area contributed by atoms with Gasteiger partial charge >= 0.3 is 0 Å². The van der Waals surface area contributed by atoms with Crippen LogP contribution in [-0.4, -0.2) is 54.4 Å². The Morgan fingerprint density at radius 1 is 1.33 bits per heavy atom. The zero-order valence-electron chi connectivity index (χ0n) is 11.2. The van der Waals surface area contributed by atoms with Gasteiger partial charge in [-0.15, -0.1) is 0 Å². The van der Waals surface area contributed by atoms with Gasteiger partial charge in [0.1, 0.15) is 0 Å². The Morgan fingerprint density at radius 2 is 2.00 bits per heavy atom. The molecule has 0 radical (unpaired) electrons. The van der Waals surface area contributed by atoms with Gasteiger partial charge in [-0.2, -0.15) is 17.0 Å². The van der Waals surface area contributed by atoms with Crippen LogP contribution in [0.25, 0.3) is 0 Å². The van der Waals surface area contributed by atoms with E-state index in [0.717, 1.165) is 32.1 Å². The van der Waals surface area contributed by atoms with E-state index in [-0.39, 0.29) is 18.7 Å². The molecule has 1 N–H and O–H groups in total. The lowest BCUT2D eigenvalue weighted by Crippen LogP contribution is -2.53. The quantitative estimate of drug-likeness (QED) is 0.808. The van der Waals surface area contributed by atoms with Crippen molar-refractivity contribution in [2.45, 2.75) is 51.1 Å². The molecule has 2 fully saturated rings. The van der Waals surface area contributed by atoms with E-state index in [2.05, 4.69) is 0 Å². The van der Waals surface area contributed by atoms with Crippen LogP contribution in [0.2, 0.25) is 0 Å². The molecule has 0 aromatic rings. The summed E-state index contributed by atoms with van der Waals surface area (Å²) >= 11 is 0. The molecule has 1 saturated heterocycles. The molecule has 1 saturated carbocycles. The normalized spacial score (nSPS) is 28.6. The van der Waals surface area contributed by atoms with Crippen molar-refractivity contribution in [3.63, 3.8) is 0 Å². The number of hydrogen-bond donors (Lipinski definition) is 1. The van der Waals surface area contributed by atoms with Crippen LogP contribution in [0.5, 0.6) is 0 Å². The number of rotatable bonds is 5. The summed E-state index contributed by atoms with van der Waals surface area (Å²) in [6.07, 6.45) is 4.91. The lowest BCUT2D eigenvalue weighted by Gasteiger charge is -2.37. The van der Waals surface area contributed by atoms with Gasteiger partial charge in [-0.05, 0) is 38.5 Å². The van der Waals surface area contributed by atoms with E-state index in [4.69, 9.17) is 0 Å². The molecule has 1 heterocycles. The average molecular weight is 276 g/mol. The van der Waals surface area contributed by atoms with Gasteiger partial charge in [0.2, 0.25) is 0 Å². The van der Waals surface area contributed by atoms with Gasteiger partial charge in [0.05, 0.1) is 6.61 Å². The van der Waals surface area contributed by atoms with Crippen molar-refractivity contribution >= 4 is 10.2 Å². The second-order valence-electron chi connectivity index (χ2n) is 5.54. The first-order chi connectivity index (χ1) is 8.48. The molecule has 0 aromatic carbocycles. The van der Waals surface area contributed by atoms with Crippen LogP contribution < -0.4 is 0 Å². The molecule has 1 aliphatic carbocycles. The summed E-state index contributed by atoms with van der Waals surface area (Å²) in [5.74, 6) is 0.516. The van der Waals surface area contributed by atoms with E-state index < -0.39 is 10.2 Å². The van der Waals surface area contributed by atoms with Crippen molar-refractivity contribution in [2.75, 3.05) is 20.2 Å². The topological polar surface area (TPSA) is 60.9 Å². The summed E-state index contributed by atoms with van der Waals surface area (Å²) in [4.78, 5) is 0. The Hall–Kier alpha value is -0.170. The fraction of sp³-hybridized carbons (Fsp3) is 1.00. The summed E-state index contributed by atoms with van der Waals surface area (Å²) in [6, 6.07) is -0.172. The Bertz CT molecular complexity index is 381. The molecule has 2 atom stereocenters. The highest BCUT2D eigenvalue weighted by Gasteiger charge is 2.40. The molecule has 0 amide bonds. The second-order valence-corrected chi connectivity index (χ2v) is 7.49. The molecule has 106 valence electrons. The van der Waals surface area contributed by atoms with Crippen LogP contribution in [0.1, 0.15) is 39.0 Å². The zero-order valence-corrected chi connectivity index (χ0v) is 12.1. The molecule has 2 aliphatic rings. The van der Waals surface area contributed by atoms with Crippen LogP contribution in [0.15, 0.2) is 0 Å². The van der Waals surface area contributed by atoms with Crippen molar-refractivity contribution in [1.29, 1.82) is 0 Å². The number of nitrogens with zero attached hydrogens (tertiary/aromatic N) is 2. The predicted octanol–water partition coefficient (Wildman–Crippen LogP) is 0.808. The summed E-state index contributed by atoms with van der Waals surface area (Å²) in [7, 11) is -1.75. The fourth-order valence-electron chi connectivity index (χ4n) is 2.71. The Morgan fingerprint density at radius 3 is 2.56 bits per heavy atom. The van der Waals surface area contributed by atoms with E-state index >= 15 is 0 Å². The highest BCUT2D eigenvalue weighted by molar-refractivity contribution is 7.86. The summed E-state index contributed by atoms with van der Waals surface area (Å²) < 4.78 is 28.1. The summed E-state index contributed by atoms with van der Waals surface area (Å²) in [5, 5.41) is 9.34. The minimum atomic E-state index is -3.42. The lowest BCUT2D eigenvalue weighted by molar-refractivity contribution is 0.146. The summed E-state index contributed by atoms with van der Waals surface area (Å²) in [5.41, 5.74) is 0. The first-order valence-electron chi connectivity index (χ1n) is 6.84. The van der Waals surface area contributed by atoms with Gasteiger partial charge in [-0.3, -0.25) is 0 Å². The lowest BCUT2D eigenvalue weighted by atomic mass is 10.1. The minimum Gasteiger partial charge on any atom is -0.395 e.